The molecule has 0 saturated carbocycles. The van der Waals surface area contributed by atoms with E-state index >= 15 is 0 Å². The topological polar surface area (TPSA) is 66.0 Å². The molecule has 0 aliphatic carbocycles. The third-order valence-corrected chi connectivity index (χ3v) is 3.92. The molecule has 0 atom stereocenters. The molecule has 140 valence electrons. The number of hydrogen-bond acceptors (Lipinski definition) is 5. The summed E-state index contributed by atoms with van der Waals surface area (Å²) in [4.78, 5) is 11.8. The van der Waals surface area contributed by atoms with Crippen LogP contribution >= 0.6 is 0 Å². The van der Waals surface area contributed by atoms with Crippen molar-refractivity contribution in [3.63, 3.8) is 0 Å². The van der Waals surface area contributed by atoms with E-state index in [2.05, 4.69) is 5.32 Å². The van der Waals surface area contributed by atoms with Crippen LogP contribution in [0.1, 0.15) is 17.5 Å². The third-order valence-electron chi connectivity index (χ3n) is 3.92. The Hall–Kier alpha value is -2.89. The number of amides is 1. The number of carbonyl (C=O) groups excluding carboxylic acids is 1. The van der Waals surface area contributed by atoms with E-state index in [4.69, 9.17) is 18.9 Å². The van der Waals surface area contributed by atoms with Gasteiger partial charge in [-0.25, -0.2) is 4.79 Å². The summed E-state index contributed by atoms with van der Waals surface area (Å²) in [6.07, 6.45) is 1.15. The van der Waals surface area contributed by atoms with E-state index in [9.17, 15) is 4.79 Å². The fourth-order valence-corrected chi connectivity index (χ4v) is 2.45. The van der Waals surface area contributed by atoms with Crippen molar-refractivity contribution in [2.24, 2.45) is 0 Å². The van der Waals surface area contributed by atoms with Crippen LogP contribution in [0.5, 0.6) is 17.2 Å². The van der Waals surface area contributed by atoms with Crippen LogP contribution in [0.15, 0.2) is 42.5 Å². The third kappa shape index (κ3) is 5.88. The Morgan fingerprint density at radius 3 is 2.27 bits per heavy atom. The van der Waals surface area contributed by atoms with Gasteiger partial charge < -0.3 is 24.3 Å². The van der Waals surface area contributed by atoms with Crippen LogP contribution in [0.4, 0.5) is 4.79 Å². The van der Waals surface area contributed by atoms with Crippen LogP contribution in [-0.2, 0) is 17.7 Å². The van der Waals surface area contributed by atoms with Crippen molar-refractivity contribution in [2.75, 3.05) is 27.9 Å². The minimum absolute atomic E-state index is 0.324. The summed E-state index contributed by atoms with van der Waals surface area (Å²) >= 11 is 0. The average Bonchev–Trinajstić information content (AvgIpc) is 2.69. The largest absolute Gasteiger partial charge is 0.497 e. The van der Waals surface area contributed by atoms with Gasteiger partial charge in [0, 0.05) is 18.2 Å². The van der Waals surface area contributed by atoms with Crippen LogP contribution in [0.3, 0.4) is 0 Å². The van der Waals surface area contributed by atoms with Crippen molar-refractivity contribution in [1.29, 1.82) is 0 Å². The number of carbonyl (C=O) groups is 1. The van der Waals surface area contributed by atoms with Crippen LogP contribution in [0, 0.1) is 0 Å². The van der Waals surface area contributed by atoms with E-state index in [-0.39, 0.29) is 0 Å². The quantitative estimate of drug-likeness (QED) is 0.694. The SMILES string of the molecule is COc1ccc(CCCOC(=O)NCc2ccc(OC)cc2OC)cc1. The standard InChI is InChI=1S/C20H25NO5/c1-23-17-9-6-15(7-10-17)5-4-12-26-20(22)21-14-16-8-11-18(24-2)13-19(16)25-3/h6-11,13H,4-5,12,14H2,1-3H3,(H,21,22). The van der Waals surface area contributed by atoms with E-state index in [1.807, 2.05) is 36.4 Å². The maximum atomic E-state index is 11.8. The maximum absolute atomic E-state index is 11.8. The van der Waals surface area contributed by atoms with Crippen LogP contribution in [-0.4, -0.2) is 34.0 Å². The number of rotatable bonds is 9. The van der Waals surface area contributed by atoms with Gasteiger partial charge in [-0.05, 0) is 42.7 Å². The zero-order valence-corrected chi connectivity index (χ0v) is 15.4. The molecule has 0 aliphatic rings. The molecule has 2 aromatic rings. The first-order valence-corrected chi connectivity index (χ1v) is 8.40. The van der Waals surface area contributed by atoms with Gasteiger partial charge in [-0.1, -0.05) is 12.1 Å². The number of nitrogens with one attached hydrogen (secondary N) is 1. The summed E-state index contributed by atoms with van der Waals surface area (Å²) in [5.41, 5.74) is 2.03. The lowest BCUT2D eigenvalue weighted by molar-refractivity contribution is 0.144. The summed E-state index contributed by atoms with van der Waals surface area (Å²) in [6.45, 7) is 0.683. The van der Waals surface area contributed by atoms with Crippen LogP contribution in [0.2, 0.25) is 0 Å². The Morgan fingerprint density at radius 2 is 1.62 bits per heavy atom. The highest BCUT2D eigenvalue weighted by Crippen LogP contribution is 2.24. The lowest BCUT2D eigenvalue weighted by atomic mass is 10.1. The van der Waals surface area contributed by atoms with Crippen molar-refractivity contribution in [1.82, 2.24) is 5.32 Å². The molecule has 2 aromatic carbocycles. The van der Waals surface area contributed by atoms with Crippen molar-refractivity contribution in [3.8, 4) is 17.2 Å². The highest BCUT2D eigenvalue weighted by molar-refractivity contribution is 5.67. The molecule has 0 aliphatic heterocycles. The Balaban J connectivity index is 1.70. The fourth-order valence-electron chi connectivity index (χ4n) is 2.45. The number of hydrogen-bond donors (Lipinski definition) is 1. The van der Waals surface area contributed by atoms with Crippen LogP contribution < -0.4 is 19.5 Å². The Bertz CT molecular complexity index is 700. The number of alkyl carbamates (subject to hydrolysis) is 1. The van der Waals surface area contributed by atoms with Crippen molar-refractivity contribution < 1.29 is 23.7 Å². The normalized spacial score (nSPS) is 10.1. The molecule has 0 fully saturated rings. The summed E-state index contributed by atoms with van der Waals surface area (Å²) in [5, 5.41) is 2.73. The molecule has 0 aromatic heterocycles. The van der Waals surface area contributed by atoms with E-state index in [1.165, 1.54) is 5.56 Å². The molecule has 0 unspecified atom stereocenters. The molecule has 0 heterocycles. The van der Waals surface area contributed by atoms with Crippen LogP contribution in [0.25, 0.3) is 0 Å². The fraction of sp³-hybridized carbons (Fsp3) is 0.350. The summed E-state index contributed by atoms with van der Waals surface area (Å²) in [6, 6.07) is 13.3. The van der Waals surface area contributed by atoms with E-state index in [0.29, 0.717) is 24.7 Å². The lowest BCUT2D eigenvalue weighted by Crippen LogP contribution is -2.24. The van der Waals surface area contributed by atoms with Gasteiger partial charge in [0.15, 0.2) is 0 Å². The molecule has 6 nitrogen and oxygen atoms in total. The molecular formula is C20H25NO5. The van der Waals surface area contributed by atoms with E-state index in [1.54, 1.807) is 27.4 Å². The Morgan fingerprint density at radius 1 is 0.923 bits per heavy atom. The highest BCUT2D eigenvalue weighted by atomic mass is 16.5. The zero-order chi connectivity index (χ0) is 18.8. The van der Waals surface area contributed by atoms with Crippen molar-refractivity contribution in [3.05, 3.63) is 53.6 Å². The van der Waals surface area contributed by atoms with Crippen molar-refractivity contribution >= 4 is 6.09 Å². The second-order valence-electron chi connectivity index (χ2n) is 5.62. The first kappa shape index (κ1) is 19.4. The Labute approximate surface area is 154 Å². The number of benzene rings is 2. The molecular weight excluding hydrogens is 334 g/mol. The minimum Gasteiger partial charge on any atom is -0.497 e. The second-order valence-corrected chi connectivity index (χ2v) is 5.62. The molecule has 1 N–H and O–H groups in total. The summed E-state index contributed by atoms with van der Waals surface area (Å²) < 4.78 is 20.8. The summed E-state index contributed by atoms with van der Waals surface area (Å²) in [5.74, 6) is 2.19. The first-order chi connectivity index (χ1) is 12.7. The second kappa shape index (κ2) is 10.2. The maximum Gasteiger partial charge on any atom is 0.407 e. The molecule has 0 saturated heterocycles. The highest BCUT2D eigenvalue weighted by Gasteiger charge is 2.08. The van der Waals surface area contributed by atoms with Gasteiger partial charge in [0.2, 0.25) is 0 Å². The number of aryl methyl sites for hydroxylation is 1. The minimum atomic E-state index is -0.447. The molecule has 1 amide bonds. The Kier molecular flexibility index (Phi) is 7.61. The van der Waals surface area contributed by atoms with E-state index in [0.717, 1.165) is 24.2 Å². The average molecular weight is 359 g/mol. The van der Waals surface area contributed by atoms with Crippen molar-refractivity contribution in [2.45, 2.75) is 19.4 Å². The number of ether oxygens (including phenoxy) is 4. The molecule has 0 radical (unpaired) electrons. The predicted octanol–water partition coefficient (Wildman–Crippen LogP) is 3.57. The molecule has 26 heavy (non-hydrogen) atoms. The molecule has 0 spiro atoms. The predicted molar refractivity (Wildman–Crippen MR) is 99.0 cm³/mol. The monoisotopic (exact) mass is 359 g/mol. The van der Waals surface area contributed by atoms with E-state index < -0.39 is 6.09 Å². The van der Waals surface area contributed by atoms with Gasteiger partial charge in [-0.2, -0.15) is 0 Å². The smallest absolute Gasteiger partial charge is 0.407 e. The number of methoxy groups -OCH3 is 3. The van der Waals surface area contributed by atoms with Gasteiger partial charge in [-0.3, -0.25) is 0 Å². The lowest BCUT2D eigenvalue weighted by Gasteiger charge is -2.11. The van der Waals surface area contributed by atoms with Gasteiger partial charge in [-0.15, -0.1) is 0 Å². The van der Waals surface area contributed by atoms with Gasteiger partial charge in [0.25, 0.3) is 0 Å². The molecule has 2 rings (SSSR count). The molecule has 0 bridgehead atoms. The van der Waals surface area contributed by atoms with Gasteiger partial charge in [0.1, 0.15) is 17.2 Å². The van der Waals surface area contributed by atoms with Gasteiger partial charge in [0.05, 0.1) is 27.9 Å². The summed E-state index contributed by atoms with van der Waals surface area (Å²) in [7, 11) is 4.81. The van der Waals surface area contributed by atoms with Gasteiger partial charge >= 0.3 is 6.09 Å². The molecule has 6 heteroatoms. The zero-order valence-electron chi connectivity index (χ0n) is 15.4. The first-order valence-electron chi connectivity index (χ1n) is 8.40.